The van der Waals surface area contributed by atoms with Crippen LogP contribution in [0.3, 0.4) is 0 Å². The van der Waals surface area contributed by atoms with E-state index in [9.17, 15) is 5.11 Å². The zero-order valence-electron chi connectivity index (χ0n) is 23.3. The molecule has 0 saturated heterocycles. The molecule has 4 nitrogen and oxygen atoms in total. The first-order chi connectivity index (χ1) is 16.5. The largest absolute Gasteiger partial charge is 0.507 e. The molecule has 1 aromatic carbocycles. The molecule has 0 bridgehead atoms. The maximum Gasteiger partial charge on any atom is 0.192 e. The number of phenols is 1. The minimum absolute atomic E-state index is 0.194. The van der Waals surface area contributed by atoms with Crippen LogP contribution in [-0.4, -0.2) is 31.6 Å². The molecule has 0 fully saturated rings. The van der Waals surface area contributed by atoms with Gasteiger partial charge in [-0.25, -0.2) is 9.97 Å². The minimum Gasteiger partial charge on any atom is -0.507 e. The lowest BCUT2D eigenvalue weighted by Gasteiger charge is -2.28. The van der Waals surface area contributed by atoms with E-state index >= 15 is 0 Å². The van der Waals surface area contributed by atoms with Crippen LogP contribution in [0, 0.1) is 0 Å². The fourth-order valence-electron chi connectivity index (χ4n) is 3.89. The van der Waals surface area contributed by atoms with E-state index in [-0.39, 0.29) is 10.8 Å². The van der Waals surface area contributed by atoms with E-state index in [1.807, 2.05) is 0 Å². The summed E-state index contributed by atoms with van der Waals surface area (Å²) in [7, 11) is 0. The summed E-state index contributed by atoms with van der Waals surface area (Å²) in [6.07, 6.45) is 9.91. The predicted molar refractivity (Wildman–Crippen MR) is 154 cm³/mol. The van der Waals surface area contributed by atoms with Gasteiger partial charge in [0.15, 0.2) is 16.1 Å². The first-order valence-electron chi connectivity index (χ1n) is 13.4. The Kier molecular flexibility index (Phi) is 11.9. The lowest BCUT2D eigenvalue weighted by Crippen LogP contribution is -2.17. The van der Waals surface area contributed by atoms with Gasteiger partial charge < -0.3 is 5.11 Å². The highest BCUT2D eigenvalue weighted by atomic mass is 32.2. The first kappa shape index (κ1) is 30.0. The zero-order chi connectivity index (χ0) is 26.1. The number of benzene rings is 1. The molecule has 0 saturated carbocycles. The first-order valence-corrected chi connectivity index (χ1v) is 15.3. The Labute approximate surface area is 222 Å². The zero-order valence-corrected chi connectivity index (χ0v) is 25.0. The van der Waals surface area contributed by atoms with Gasteiger partial charge in [0.1, 0.15) is 5.75 Å². The summed E-state index contributed by atoms with van der Waals surface area (Å²) in [4.78, 5) is 14.6. The van der Waals surface area contributed by atoms with Crippen molar-refractivity contribution in [2.75, 3.05) is 11.5 Å². The number of aromatic nitrogens is 3. The van der Waals surface area contributed by atoms with E-state index in [2.05, 4.69) is 67.5 Å². The molecular weight excluding hydrogens is 470 g/mol. The average Bonchev–Trinajstić information content (AvgIpc) is 2.77. The number of thioether (sulfide) groups is 2. The van der Waals surface area contributed by atoms with Crippen LogP contribution < -0.4 is 0 Å². The number of nitrogens with zero attached hydrogens (tertiary/aromatic N) is 3. The SMILES string of the molecule is CCCCCCSc1nc(SCCCCCC)nc(-c2cc(C(C)(C)C)c(O)c(C(C)(C)C)c2)n1. The summed E-state index contributed by atoms with van der Waals surface area (Å²) in [6.45, 7) is 17.3. The maximum atomic E-state index is 11.2. The molecule has 1 N–H and O–H groups in total. The highest BCUT2D eigenvalue weighted by molar-refractivity contribution is 7.99. The van der Waals surface area contributed by atoms with Crippen LogP contribution in [-0.2, 0) is 10.8 Å². The Morgan fingerprint density at radius 1 is 0.657 bits per heavy atom. The van der Waals surface area contributed by atoms with Crippen LogP contribution in [0.1, 0.15) is 118 Å². The molecule has 0 atom stereocenters. The Balaban J connectivity index is 2.45. The monoisotopic (exact) mass is 517 g/mol. The number of hydrogen-bond acceptors (Lipinski definition) is 6. The summed E-state index contributed by atoms with van der Waals surface area (Å²) >= 11 is 3.48. The van der Waals surface area contributed by atoms with Gasteiger partial charge in [-0.3, -0.25) is 0 Å². The lowest BCUT2D eigenvalue weighted by atomic mass is 9.78. The summed E-state index contributed by atoms with van der Waals surface area (Å²) in [5, 5.41) is 12.8. The van der Waals surface area contributed by atoms with Crippen LogP contribution in [0.2, 0.25) is 0 Å². The molecule has 0 radical (unpaired) electrons. The Morgan fingerprint density at radius 3 is 1.46 bits per heavy atom. The van der Waals surface area contributed by atoms with Crippen molar-refractivity contribution >= 4 is 23.5 Å². The van der Waals surface area contributed by atoms with E-state index in [0.29, 0.717) is 11.6 Å². The standard InChI is InChI=1S/C29H47N3OS2/c1-9-11-13-15-17-34-26-30-25(31-27(32-26)35-18-16-14-12-10-2)21-19-22(28(3,4)5)24(33)23(20-21)29(6,7)8/h19-20,33H,9-18H2,1-8H3. The molecule has 2 rings (SSSR count). The van der Waals surface area contributed by atoms with Crippen molar-refractivity contribution in [3.05, 3.63) is 23.3 Å². The molecule has 0 aliphatic carbocycles. The van der Waals surface area contributed by atoms with Gasteiger partial charge in [0.2, 0.25) is 0 Å². The number of rotatable bonds is 13. The number of unbranched alkanes of at least 4 members (excludes halogenated alkanes) is 6. The normalized spacial score (nSPS) is 12.3. The third kappa shape index (κ3) is 9.60. The molecule has 0 spiro atoms. The second kappa shape index (κ2) is 13.9. The van der Waals surface area contributed by atoms with Crippen LogP contribution in [0.5, 0.6) is 5.75 Å². The molecule has 0 aliphatic heterocycles. The van der Waals surface area contributed by atoms with Gasteiger partial charge >= 0.3 is 0 Å². The van der Waals surface area contributed by atoms with Crippen molar-refractivity contribution in [1.29, 1.82) is 0 Å². The van der Waals surface area contributed by atoms with Gasteiger partial charge in [-0.05, 0) is 35.8 Å². The minimum atomic E-state index is -0.194. The third-order valence-electron chi connectivity index (χ3n) is 6.04. The van der Waals surface area contributed by atoms with Gasteiger partial charge in [0.05, 0.1) is 0 Å². The molecule has 0 unspecified atom stereocenters. The van der Waals surface area contributed by atoms with Crippen molar-refractivity contribution in [1.82, 2.24) is 15.0 Å². The molecule has 0 amide bonds. The van der Waals surface area contributed by atoms with Crippen LogP contribution >= 0.6 is 23.5 Å². The fraction of sp³-hybridized carbons (Fsp3) is 0.690. The van der Waals surface area contributed by atoms with E-state index < -0.39 is 0 Å². The molecular formula is C29H47N3OS2. The maximum absolute atomic E-state index is 11.2. The van der Waals surface area contributed by atoms with Crippen molar-refractivity contribution in [3.8, 4) is 17.1 Å². The van der Waals surface area contributed by atoms with E-state index in [4.69, 9.17) is 15.0 Å². The Hall–Kier alpha value is -1.27. The van der Waals surface area contributed by atoms with Gasteiger partial charge in [-0.15, -0.1) is 0 Å². The number of phenolic OH excluding ortho intramolecular Hbond substituents is 1. The van der Waals surface area contributed by atoms with Gasteiger partial charge in [-0.2, -0.15) is 4.98 Å². The van der Waals surface area contributed by atoms with Gasteiger partial charge in [-0.1, -0.05) is 117 Å². The molecule has 35 heavy (non-hydrogen) atoms. The smallest absolute Gasteiger partial charge is 0.192 e. The predicted octanol–water partition coefficient (Wildman–Crippen LogP) is 9.18. The second-order valence-electron chi connectivity index (χ2n) is 11.5. The van der Waals surface area contributed by atoms with E-state index in [0.717, 1.165) is 38.5 Å². The summed E-state index contributed by atoms with van der Waals surface area (Å²) in [6, 6.07) is 4.15. The number of hydrogen-bond donors (Lipinski definition) is 1. The number of aromatic hydroxyl groups is 1. The van der Waals surface area contributed by atoms with E-state index in [1.165, 1.54) is 51.4 Å². The molecule has 196 valence electrons. The topological polar surface area (TPSA) is 58.9 Å². The average molecular weight is 518 g/mol. The quantitative estimate of drug-likeness (QED) is 0.211. The summed E-state index contributed by atoms with van der Waals surface area (Å²) in [5.41, 5.74) is 2.44. The van der Waals surface area contributed by atoms with Crippen LogP contribution in [0.15, 0.2) is 22.4 Å². The van der Waals surface area contributed by atoms with Gasteiger partial charge in [0, 0.05) is 28.2 Å². The van der Waals surface area contributed by atoms with Crippen LogP contribution in [0.4, 0.5) is 0 Å². The van der Waals surface area contributed by atoms with Gasteiger partial charge in [0.25, 0.3) is 0 Å². The van der Waals surface area contributed by atoms with Crippen molar-refractivity contribution in [2.24, 2.45) is 0 Å². The molecule has 6 heteroatoms. The summed E-state index contributed by atoms with van der Waals surface area (Å²) < 4.78 is 0. The van der Waals surface area contributed by atoms with Crippen molar-refractivity contribution in [2.45, 2.75) is 128 Å². The molecule has 0 aliphatic rings. The third-order valence-corrected chi connectivity index (χ3v) is 7.90. The lowest BCUT2D eigenvalue weighted by molar-refractivity contribution is 0.423. The second-order valence-corrected chi connectivity index (χ2v) is 13.6. The highest BCUT2D eigenvalue weighted by Crippen LogP contribution is 2.41. The summed E-state index contributed by atoms with van der Waals surface area (Å²) in [5.74, 6) is 3.15. The van der Waals surface area contributed by atoms with Crippen molar-refractivity contribution in [3.63, 3.8) is 0 Å². The molecule has 1 aromatic heterocycles. The fourth-order valence-corrected chi connectivity index (χ4v) is 5.61. The Bertz CT molecular complexity index is 865. The van der Waals surface area contributed by atoms with E-state index in [1.54, 1.807) is 23.5 Å². The highest BCUT2D eigenvalue weighted by Gasteiger charge is 2.27. The van der Waals surface area contributed by atoms with Crippen LogP contribution in [0.25, 0.3) is 11.4 Å². The molecule has 2 aromatic rings. The molecule has 1 heterocycles. The Morgan fingerprint density at radius 2 is 1.09 bits per heavy atom. The van der Waals surface area contributed by atoms with Crippen molar-refractivity contribution < 1.29 is 5.11 Å².